The summed E-state index contributed by atoms with van der Waals surface area (Å²) in [4.78, 5) is 2.68. The normalized spacial score (nSPS) is 21.9. The van der Waals surface area contributed by atoms with Crippen LogP contribution in [-0.2, 0) is 4.74 Å². The molecule has 0 aliphatic carbocycles. The van der Waals surface area contributed by atoms with Crippen molar-refractivity contribution in [3.63, 3.8) is 0 Å². The van der Waals surface area contributed by atoms with Gasteiger partial charge in [-0.1, -0.05) is 78.1 Å². The van der Waals surface area contributed by atoms with Crippen molar-refractivity contribution in [3.8, 4) is 0 Å². The van der Waals surface area contributed by atoms with E-state index in [9.17, 15) is 0 Å². The molecule has 1 unspecified atom stereocenters. The van der Waals surface area contributed by atoms with E-state index in [1.807, 2.05) is 0 Å². The van der Waals surface area contributed by atoms with Crippen LogP contribution in [0.5, 0.6) is 0 Å². The molecule has 3 heteroatoms. The number of likely N-dealkylation sites (tertiary alicyclic amines) is 1. The third-order valence-corrected chi connectivity index (χ3v) is 5.64. The minimum Gasteiger partial charge on any atom is -0.383 e. The monoisotopic (exact) mass is 340 g/mol. The maximum absolute atomic E-state index is 6.52. The highest BCUT2D eigenvalue weighted by molar-refractivity contribution is 4.96. The van der Waals surface area contributed by atoms with Crippen LogP contribution in [-0.4, -0.2) is 43.3 Å². The standard InChI is InChI=1S/C21H44N2O/c1-4-6-8-10-12-14-20(15-13-11-9-7-5-2)23-17-16-21(22,18-23)19-24-3/h20H,4-19,22H2,1-3H3. The van der Waals surface area contributed by atoms with E-state index >= 15 is 0 Å². The average molecular weight is 341 g/mol. The van der Waals surface area contributed by atoms with Crippen LogP contribution in [0.4, 0.5) is 0 Å². The van der Waals surface area contributed by atoms with Crippen LogP contribution in [0.15, 0.2) is 0 Å². The highest BCUT2D eigenvalue weighted by Gasteiger charge is 2.36. The van der Waals surface area contributed by atoms with Crippen molar-refractivity contribution in [2.45, 2.75) is 109 Å². The molecule has 0 bridgehead atoms. The van der Waals surface area contributed by atoms with E-state index < -0.39 is 0 Å². The van der Waals surface area contributed by atoms with E-state index in [-0.39, 0.29) is 5.54 Å². The van der Waals surface area contributed by atoms with E-state index in [1.54, 1.807) is 7.11 Å². The summed E-state index contributed by atoms with van der Waals surface area (Å²) in [5.74, 6) is 0. The fourth-order valence-electron chi connectivity index (χ4n) is 4.12. The molecule has 144 valence electrons. The number of rotatable bonds is 15. The Labute approximate surface area is 151 Å². The molecule has 1 atom stereocenters. The fraction of sp³-hybridized carbons (Fsp3) is 1.00. The minimum atomic E-state index is -0.114. The average Bonchev–Trinajstić information content (AvgIpc) is 2.95. The van der Waals surface area contributed by atoms with E-state index in [0.717, 1.165) is 25.6 Å². The van der Waals surface area contributed by atoms with E-state index in [0.29, 0.717) is 6.61 Å². The maximum atomic E-state index is 6.52. The van der Waals surface area contributed by atoms with Gasteiger partial charge in [-0.3, -0.25) is 4.90 Å². The summed E-state index contributed by atoms with van der Waals surface area (Å²) >= 11 is 0. The van der Waals surface area contributed by atoms with Crippen molar-refractivity contribution in [1.82, 2.24) is 4.90 Å². The Morgan fingerprint density at radius 2 is 1.46 bits per heavy atom. The third-order valence-electron chi connectivity index (χ3n) is 5.64. The number of unbranched alkanes of at least 4 members (excludes halogenated alkanes) is 8. The van der Waals surface area contributed by atoms with Gasteiger partial charge in [-0.25, -0.2) is 0 Å². The largest absolute Gasteiger partial charge is 0.383 e. The molecule has 0 saturated carbocycles. The minimum absolute atomic E-state index is 0.114. The Kier molecular flexibility index (Phi) is 12.0. The lowest BCUT2D eigenvalue weighted by atomic mass is 9.98. The molecule has 1 saturated heterocycles. The second kappa shape index (κ2) is 13.1. The topological polar surface area (TPSA) is 38.5 Å². The van der Waals surface area contributed by atoms with Gasteiger partial charge in [0, 0.05) is 26.2 Å². The van der Waals surface area contributed by atoms with Gasteiger partial charge in [0.2, 0.25) is 0 Å². The molecule has 1 aliphatic heterocycles. The first kappa shape index (κ1) is 21.9. The molecule has 1 heterocycles. The molecule has 0 aromatic carbocycles. The first-order valence-electron chi connectivity index (χ1n) is 10.7. The highest BCUT2D eigenvalue weighted by atomic mass is 16.5. The molecular weight excluding hydrogens is 296 g/mol. The first-order valence-corrected chi connectivity index (χ1v) is 10.7. The summed E-state index contributed by atoms with van der Waals surface area (Å²) in [5, 5.41) is 0. The van der Waals surface area contributed by atoms with Crippen LogP contribution in [0, 0.1) is 0 Å². The lowest BCUT2D eigenvalue weighted by Gasteiger charge is -2.30. The number of hydrogen-bond donors (Lipinski definition) is 1. The molecule has 1 rings (SSSR count). The Hall–Kier alpha value is -0.120. The van der Waals surface area contributed by atoms with Crippen LogP contribution < -0.4 is 5.73 Å². The van der Waals surface area contributed by atoms with Crippen molar-refractivity contribution in [2.75, 3.05) is 26.8 Å². The summed E-state index contributed by atoms with van der Waals surface area (Å²) in [6, 6.07) is 0.746. The van der Waals surface area contributed by atoms with Crippen LogP contribution in [0.1, 0.15) is 97.3 Å². The number of hydrogen-bond acceptors (Lipinski definition) is 3. The molecule has 2 N–H and O–H groups in total. The quantitative estimate of drug-likeness (QED) is 0.420. The SMILES string of the molecule is CCCCCCCC(CCCCCCC)N1CCC(N)(COC)C1. The van der Waals surface area contributed by atoms with Gasteiger partial charge in [0.1, 0.15) is 0 Å². The van der Waals surface area contributed by atoms with Crippen molar-refractivity contribution in [1.29, 1.82) is 0 Å². The molecule has 3 nitrogen and oxygen atoms in total. The molecule has 0 amide bonds. The Balaban J connectivity index is 2.38. The van der Waals surface area contributed by atoms with Crippen LogP contribution in [0.25, 0.3) is 0 Å². The zero-order chi connectivity index (χ0) is 17.7. The van der Waals surface area contributed by atoms with Gasteiger partial charge in [0.05, 0.1) is 12.1 Å². The second-order valence-electron chi connectivity index (χ2n) is 8.08. The summed E-state index contributed by atoms with van der Waals surface area (Å²) in [5.41, 5.74) is 6.41. The zero-order valence-electron chi connectivity index (χ0n) is 16.8. The second-order valence-corrected chi connectivity index (χ2v) is 8.08. The van der Waals surface area contributed by atoms with Crippen molar-refractivity contribution < 1.29 is 4.74 Å². The smallest absolute Gasteiger partial charge is 0.0655 e. The Bertz CT molecular complexity index is 284. The van der Waals surface area contributed by atoms with E-state index in [2.05, 4.69) is 18.7 Å². The Morgan fingerprint density at radius 3 is 1.96 bits per heavy atom. The highest BCUT2D eigenvalue weighted by Crippen LogP contribution is 2.26. The van der Waals surface area contributed by atoms with Gasteiger partial charge in [0.15, 0.2) is 0 Å². The summed E-state index contributed by atoms with van der Waals surface area (Å²) in [7, 11) is 1.77. The summed E-state index contributed by atoms with van der Waals surface area (Å²) < 4.78 is 5.36. The molecule has 1 aliphatic rings. The maximum Gasteiger partial charge on any atom is 0.0655 e. The molecule has 24 heavy (non-hydrogen) atoms. The summed E-state index contributed by atoms with van der Waals surface area (Å²) in [6.07, 6.45) is 17.7. The third kappa shape index (κ3) is 8.82. The molecule has 0 radical (unpaired) electrons. The van der Waals surface area contributed by atoms with Crippen molar-refractivity contribution in [2.24, 2.45) is 5.73 Å². The molecule has 0 aromatic heterocycles. The predicted octanol–water partition coefficient (Wildman–Crippen LogP) is 5.13. The van der Waals surface area contributed by atoms with Gasteiger partial charge in [-0.05, 0) is 19.3 Å². The fourth-order valence-corrected chi connectivity index (χ4v) is 4.12. The van der Waals surface area contributed by atoms with Crippen LogP contribution >= 0.6 is 0 Å². The first-order chi connectivity index (χ1) is 11.6. The zero-order valence-corrected chi connectivity index (χ0v) is 16.8. The number of nitrogens with zero attached hydrogens (tertiary/aromatic N) is 1. The lowest BCUT2D eigenvalue weighted by Crippen LogP contribution is -2.48. The van der Waals surface area contributed by atoms with Gasteiger partial charge in [-0.2, -0.15) is 0 Å². The van der Waals surface area contributed by atoms with Gasteiger partial charge in [-0.15, -0.1) is 0 Å². The van der Waals surface area contributed by atoms with Crippen LogP contribution in [0.2, 0.25) is 0 Å². The number of nitrogens with two attached hydrogens (primary N) is 1. The van der Waals surface area contributed by atoms with Crippen molar-refractivity contribution >= 4 is 0 Å². The molecule has 1 fully saturated rings. The van der Waals surface area contributed by atoms with E-state index in [4.69, 9.17) is 10.5 Å². The summed E-state index contributed by atoms with van der Waals surface area (Å²) in [6.45, 7) is 7.47. The molecule has 0 aromatic rings. The van der Waals surface area contributed by atoms with Gasteiger partial charge in [0.25, 0.3) is 0 Å². The predicted molar refractivity (Wildman–Crippen MR) is 106 cm³/mol. The number of ether oxygens (including phenoxy) is 1. The van der Waals surface area contributed by atoms with Gasteiger partial charge >= 0.3 is 0 Å². The lowest BCUT2D eigenvalue weighted by molar-refractivity contribution is 0.124. The van der Waals surface area contributed by atoms with Crippen LogP contribution in [0.3, 0.4) is 0 Å². The molecule has 0 spiro atoms. The Morgan fingerprint density at radius 1 is 0.917 bits per heavy atom. The molecular formula is C21H44N2O. The van der Waals surface area contributed by atoms with Gasteiger partial charge < -0.3 is 10.5 Å². The number of methoxy groups -OCH3 is 1. The van der Waals surface area contributed by atoms with E-state index in [1.165, 1.54) is 77.0 Å². The van der Waals surface area contributed by atoms with Crippen molar-refractivity contribution in [3.05, 3.63) is 0 Å².